The second kappa shape index (κ2) is 7.46. The van der Waals surface area contributed by atoms with E-state index in [1.165, 1.54) is 5.56 Å². The Labute approximate surface area is 158 Å². The number of benzene rings is 3. The topological polar surface area (TPSA) is 57.8 Å². The molecule has 0 saturated carbocycles. The van der Waals surface area contributed by atoms with Gasteiger partial charge in [0, 0.05) is 5.56 Å². The van der Waals surface area contributed by atoms with Gasteiger partial charge in [-0.3, -0.25) is 4.79 Å². The van der Waals surface area contributed by atoms with E-state index in [4.69, 9.17) is 0 Å². The number of carbonyl (C=O) groups is 1. The minimum Gasteiger partial charge on any atom is -0.338 e. The second-order valence-electron chi connectivity index (χ2n) is 6.54. The Bertz CT molecular complexity index is 1050. The van der Waals surface area contributed by atoms with E-state index in [1.54, 1.807) is 0 Å². The Morgan fingerprint density at radius 2 is 1.63 bits per heavy atom. The number of hydrogen-bond donors (Lipinski definition) is 2. The van der Waals surface area contributed by atoms with Crippen molar-refractivity contribution < 1.29 is 4.79 Å². The van der Waals surface area contributed by atoms with E-state index in [0.717, 1.165) is 40.1 Å². The van der Waals surface area contributed by atoms with Crippen LogP contribution in [0.3, 0.4) is 0 Å². The molecule has 1 heterocycles. The van der Waals surface area contributed by atoms with Crippen LogP contribution < -0.4 is 5.32 Å². The Morgan fingerprint density at radius 1 is 0.926 bits per heavy atom. The molecule has 27 heavy (non-hydrogen) atoms. The summed E-state index contributed by atoms with van der Waals surface area (Å²) in [6, 6.07) is 23.8. The first kappa shape index (κ1) is 17.0. The number of imidazole rings is 1. The minimum atomic E-state index is -0.0391. The van der Waals surface area contributed by atoms with E-state index in [1.807, 2.05) is 60.7 Å². The Kier molecular flexibility index (Phi) is 4.71. The van der Waals surface area contributed by atoms with Gasteiger partial charge in [0.05, 0.1) is 23.1 Å². The average molecular weight is 355 g/mol. The van der Waals surface area contributed by atoms with Crippen molar-refractivity contribution in [3.63, 3.8) is 0 Å². The van der Waals surface area contributed by atoms with E-state index in [-0.39, 0.29) is 5.91 Å². The fourth-order valence-corrected chi connectivity index (χ4v) is 3.15. The molecular weight excluding hydrogens is 334 g/mol. The van der Waals surface area contributed by atoms with Crippen LogP contribution in [0.2, 0.25) is 0 Å². The lowest BCUT2D eigenvalue weighted by Crippen LogP contribution is -2.15. The summed E-state index contributed by atoms with van der Waals surface area (Å²) in [7, 11) is 0. The summed E-state index contributed by atoms with van der Waals surface area (Å²) >= 11 is 0. The van der Waals surface area contributed by atoms with Gasteiger partial charge in [-0.2, -0.15) is 0 Å². The van der Waals surface area contributed by atoms with Gasteiger partial charge < -0.3 is 10.3 Å². The van der Waals surface area contributed by atoms with Gasteiger partial charge in [0.25, 0.3) is 0 Å². The Morgan fingerprint density at radius 3 is 2.41 bits per heavy atom. The fourth-order valence-electron chi connectivity index (χ4n) is 3.15. The molecule has 0 fully saturated rings. The molecule has 0 spiro atoms. The highest BCUT2D eigenvalue weighted by Crippen LogP contribution is 2.27. The minimum absolute atomic E-state index is 0.0391. The molecule has 1 amide bonds. The van der Waals surface area contributed by atoms with E-state index in [9.17, 15) is 4.79 Å². The first-order chi connectivity index (χ1) is 13.2. The van der Waals surface area contributed by atoms with Gasteiger partial charge in [-0.1, -0.05) is 55.5 Å². The summed E-state index contributed by atoms with van der Waals surface area (Å²) < 4.78 is 0. The van der Waals surface area contributed by atoms with Crippen molar-refractivity contribution in [2.45, 2.75) is 19.8 Å². The van der Waals surface area contributed by atoms with Crippen molar-refractivity contribution in [2.24, 2.45) is 0 Å². The maximum Gasteiger partial charge on any atom is 0.228 e. The Balaban J connectivity index is 1.56. The van der Waals surface area contributed by atoms with Crippen LogP contribution in [0.25, 0.3) is 22.4 Å². The molecule has 4 rings (SSSR count). The number of para-hydroxylation sites is 3. The molecule has 134 valence electrons. The molecule has 2 N–H and O–H groups in total. The number of fused-ring (bicyclic) bond motifs is 1. The maximum absolute atomic E-state index is 12.6. The van der Waals surface area contributed by atoms with Crippen LogP contribution in [-0.4, -0.2) is 15.9 Å². The largest absolute Gasteiger partial charge is 0.338 e. The first-order valence-corrected chi connectivity index (χ1v) is 9.15. The number of aryl methyl sites for hydroxylation is 1. The number of nitrogens with zero attached hydrogens (tertiary/aromatic N) is 1. The zero-order valence-corrected chi connectivity index (χ0v) is 15.2. The standard InChI is InChI=1S/C23H21N3O/c1-2-16-11-13-17(14-12-16)15-22(27)24-19-8-4-3-7-18(19)23-25-20-9-5-6-10-21(20)26-23/h3-14H,2,15H2,1H3,(H,24,27)(H,25,26). The van der Waals surface area contributed by atoms with Crippen molar-refractivity contribution >= 4 is 22.6 Å². The molecule has 0 saturated heterocycles. The van der Waals surface area contributed by atoms with E-state index in [0.29, 0.717) is 6.42 Å². The molecule has 0 aliphatic heterocycles. The van der Waals surface area contributed by atoms with Crippen LogP contribution in [0, 0.1) is 0 Å². The monoisotopic (exact) mass is 355 g/mol. The summed E-state index contributed by atoms with van der Waals surface area (Å²) in [5.41, 5.74) is 5.80. The summed E-state index contributed by atoms with van der Waals surface area (Å²) in [6.45, 7) is 2.12. The van der Waals surface area contributed by atoms with E-state index in [2.05, 4.69) is 34.3 Å². The van der Waals surface area contributed by atoms with Crippen LogP contribution >= 0.6 is 0 Å². The molecule has 0 aliphatic rings. The highest BCUT2D eigenvalue weighted by molar-refractivity contribution is 5.96. The number of carbonyl (C=O) groups excluding carboxylic acids is 1. The number of rotatable bonds is 5. The predicted molar refractivity (Wildman–Crippen MR) is 110 cm³/mol. The van der Waals surface area contributed by atoms with E-state index >= 15 is 0 Å². The van der Waals surface area contributed by atoms with Gasteiger partial charge >= 0.3 is 0 Å². The van der Waals surface area contributed by atoms with Crippen LogP contribution in [0.1, 0.15) is 18.1 Å². The lowest BCUT2D eigenvalue weighted by molar-refractivity contribution is -0.115. The molecule has 0 bridgehead atoms. The summed E-state index contributed by atoms with van der Waals surface area (Å²) in [5, 5.41) is 3.03. The van der Waals surface area contributed by atoms with Gasteiger partial charge in [0.15, 0.2) is 0 Å². The number of amides is 1. The molecule has 0 unspecified atom stereocenters. The third kappa shape index (κ3) is 3.75. The highest BCUT2D eigenvalue weighted by Gasteiger charge is 2.12. The molecule has 3 aromatic carbocycles. The number of H-pyrrole nitrogens is 1. The summed E-state index contributed by atoms with van der Waals surface area (Å²) in [4.78, 5) is 20.5. The van der Waals surface area contributed by atoms with Gasteiger partial charge in [-0.25, -0.2) is 4.98 Å². The molecule has 1 aromatic heterocycles. The molecule has 4 aromatic rings. The lowest BCUT2D eigenvalue weighted by atomic mass is 10.1. The van der Waals surface area contributed by atoms with Gasteiger partial charge in [0.2, 0.25) is 5.91 Å². The third-order valence-electron chi connectivity index (χ3n) is 4.64. The zero-order chi connectivity index (χ0) is 18.6. The quantitative estimate of drug-likeness (QED) is 0.531. The van der Waals surface area contributed by atoms with Crippen molar-refractivity contribution in [1.82, 2.24) is 9.97 Å². The van der Waals surface area contributed by atoms with Crippen LogP contribution in [-0.2, 0) is 17.6 Å². The third-order valence-corrected chi connectivity index (χ3v) is 4.64. The number of nitrogens with one attached hydrogen (secondary N) is 2. The highest BCUT2D eigenvalue weighted by atomic mass is 16.1. The van der Waals surface area contributed by atoms with Crippen molar-refractivity contribution in [1.29, 1.82) is 0 Å². The number of aromatic nitrogens is 2. The maximum atomic E-state index is 12.6. The second-order valence-corrected chi connectivity index (χ2v) is 6.54. The molecular formula is C23H21N3O. The smallest absolute Gasteiger partial charge is 0.228 e. The fraction of sp³-hybridized carbons (Fsp3) is 0.130. The van der Waals surface area contributed by atoms with Crippen molar-refractivity contribution in [3.8, 4) is 11.4 Å². The number of anilines is 1. The van der Waals surface area contributed by atoms with Crippen molar-refractivity contribution in [3.05, 3.63) is 83.9 Å². The molecule has 0 atom stereocenters. The molecule has 0 radical (unpaired) electrons. The van der Waals surface area contributed by atoms with Crippen LogP contribution in [0.4, 0.5) is 5.69 Å². The summed E-state index contributed by atoms with van der Waals surface area (Å²) in [5.74, 6) is 0.710. The molecule has 4 heteroatoms. The SMILES string of the molecule is CCc1ccc(CC(=O)Nc2ccccc2-c2nc3ccccc3[nH]2)cc1. The van der Waals surface area contributed by atoms with E-state index < -0.39 is 0 Å². The lowest BCUT2D eigenvalue weighted by Gasteiger charge is -2.10. The first-order valence-electron chi connectivity index (χ1n) is 9.15. The molecule has 0 aliphatic carbocycles. The van der Waals surface area contributed by atoms with Gasteiger partial charge in [-0.05, 0) is 41.8 Å². The Hall–Kier alpha value is -3.40. The summed E-state index contributed by atoms with van der Waals surface area (Å²) in [6.07, 6.45) is 1.34. The molecule has 4 nitrogen and oxygen atoms in total. The predicted octanol–water partition coefficient (Wildman–Crippen LogP) is 4.97. The normalized spacial score (nSPS) is 10.9. The number of hydrogen-bond acceptors (Lipinski definition) is 2. The van der Waals surface area contributed by atoms with Crippen LogP contribution in [0.15, 0.2) is 72.8 Å². The zero-order valence-electron chi connectivity index (χ0n) is 15.2. The van der Waals surface area contributed by atoms with Crippen molar-refractivity contribution in [2.75, 3.05) is 5.32 Å². The van der Waals surface area contributed by atoms with Crippen LogP contribution in [0.5, 0.6) is 0 Å². The number of aromatic amines is 1. The average Bonchev–Trinajstić information content (AvgIpc) is 3.13. The van der Waals surface area contributed by atoms with Gasteiger partial charge in [0.1, 0.15) is 5.82 Å². The van der Waals surface area contributed by atoms with Gasteiger partial charge in [-0.15, -0.1) is 0 Å².